The molecule has 1 aromatic heterocycles. The van der Waals surface area contributed by atoms with E-state index < -0.39 is 0 Å². The molecule has 4 nitrogen and oxygen atoms in total. The van der Waals surface area contributed by atoms with Crippen molar-refractivity contribution < 1.29 is 4.79 Å². The van der Waals surface area contributed by atoms with Gasteiger partial charge in [-0.25, -0.2) is 4.68 Å². The number of rotatable bonds is 4. The van der Waals surface area contributed by atoms with Crippen molar-refractivity contribution in [1.82, 2.24) is 14.7 Å². The zero-order valence-electron chi connectivity index (χ0n) is 13.1. The summed E-state index contributed by atoms with van der Waals surface area (Å²) in [6.07, 6.45) is 9.60. The Morgan fingerprint density at radius 1 is 1.23 bits per heavy atom. The van der Waals surface area contributed by atoms with Gasteiger partial charge >= 0.3 is 0 Å². The van der Waals surface area contributed by atoms with Gasteiger partial charge in [-0.05, 0) is 25.0 Å². The maximum Gasteiger partial charge on any atom is 0.225 e. The monoisotopic (exact) mass is 297 g/mol. The molecule has 1 saturated carbocycles. The highest BCUT2D eigenvalue weighted by molar-refractivity contribution is 5.78. The number of benzene rings is 1. The van der Waals surface area contributed by atoms with E-state index in [1.165, 1.54) is 19.3 Å². The molecular formula is C18H23N3O. The number of hydrogen-bond donors (Lipinski definition) is 0. The molecule has 1 aromatic carbocycles. The minimum Gasteiger partial charge on any atom is -0.341 e. The molecule has 1 heterocycles. The van der Waals surface area contributed by atoms with Crippen LogP contribution in [0.3, 0.4) is 0 Å². The van der Waals surface area contributed by atoms with Crippen molar-refractivity contribution in [2.45, 2.75) is 38.6 Å². The van der Waals surface area contributed by atoms with Gasteiger partial charge in [0.15, 0.2) is 0 Å². The largest absolute Gasteiger partial charge is 0.341 e. The third-order valence-electron chi connectivity index (χ3n) is 4.41. The molecule has 0 saturated heterocycles. The predicted molar refractivity (Wildman–Crippen MR) is 86.6 cm³/mol. The molecule has 22 heavy (non-hydrogen) atoms. The van der Waals surface area contributed by atoms with Crippen molar-refractivity contribution in [2.24, 2.45) is 5.92 Å². The third kappa shape index (κ3) is 3.38. The average Bonchev–Trinajstić information content (AvgIpc) is 3.04. The summed E-state index contributed by atoms with van der Waals surface area (Å²) in [5.41, 5.74) is 2.10. The first-order chi connectivity index (χ1) is 10.7. The van der Waals surface area contributed by atoms with Gasteiger partial charge in [0.2, 0.25) is 5.91 Å². The summed E-state index contributed by atoms with van der Waals surface area (Å²) in [7, 11) is 1.90. The highest BCUT2D eigenvalue weighted by atomic mass is 16.2. The maximum atomic E-state index is 12.5. The Morgan fingerprint density at radius 2 is 1.95 bits per heavy atom. The quantitative estimate of drug-likeness (QED) is 0.867. The van der Waals surface area contributed by atoms with E-state index in [0.717, 1.165) is 24.1 Å². The Labute approximate surface area is 131 Å². The number of carbonyl (C=O) groups excluding carboxylic acids is 1. The second-order valence-corrected chi connectivity index (χ2v) is 6.16. The lowest BCUT2D eigenvalue weighted by Crippen LogP contribution is -2.33. The van der Waals surface area contributed by atoms with Crippen LogP contribution in [0.1, 0.15) is 37.7 Å². The molecule has 1 aliphatic carbocycles. The Hall–Kier alpha value is -2.10. The molecule has 1 fully saturated rings. The summed E-state index contributed by atoms with van der Waals surface area (Å²) in [4.78, 5) is 14.3. The molecule has 0 aliphatic heterocycles. The van der Waals surface area contributed by atoms with Gasteiger partial charge in [-0.1, -0.05) is 37.5 Å². The summed E-state index contributed by atoms with van der Waals surface area (Å²) in [5.74, 6) is 0.509. The minimum absolute atomic E-state index is 0.225. The Balaban J connectivity index is 1.63. The van der Waals surface area contributed by atoms with Crippen molar-refractivity contribution >= 4 is 5.91 Å². The van der Waals surface area contributed by atoms with E-state index in [0.29, 0.717) is 6.54 Å². The number of para-hydroxylation sites is 1. The normalized spacial score (nSPS) is 15.7. The van der Waals surface area contributed by atoms with Crippen molar-refractivity contribution in [3.63, 3.8) is 0 Å². The predicted octanol–water partition coefficient (Wildman–Crippen LogP) is 3.41. The zero-order valence-corrected chi connectivity index (χ0v) is 13.1. The van der Waals surface area contributed by atoms with Crippen LogP contribution in [0.25, 0.3) is 5.69 Å². The van der Waals surface area contributed by atoms with Crippen LogP contribution in [-0.4, -0.2) is 27.6 Å². The summed E-state index contributed by atoms with van der Waals surface area (Å²) >= 11 is 0. The van der Waals surface area contributed by atoms with Gasteiger partial charge in [-0.3, -0.25) is 4.79 Å². The molecule has 1 amide bonds. The SMILES string of the molecule is CN(Cc1cnn(-c2ccccc2)c1)C(=O)C1CCCCC1. The smallest absolute Gasteiger partial charge is 0.225 e. The van der Waals surface area contributed by atoms with E-state index >= 15 is 0 Å². The number of nitrogens with zero attached hydrogens (tertiary/aromatic N) is 3. The van der Waals surface area contributed by atoms with Gasteiger partial charge in [0.05, 0.1) is 11.9 Å². The zero-order chi connectivity index (χ0) is 15.4. The molecule has 3 rings (SSSR count). The lowest BCUT2D eigenvalue weighted by atomic mass is 9.88. The lowest BCUT2D eigenvalue weighted by Gasteiger charge is -2.26. The van der Waals surface area contributed by atoms with Gasteiger partial charge in [0.25, 0.3) is 0 Å². The second-order valence-electron chi connectivity index (χ2n) is 6.16. The molecule has 0 spiro atoms. The topological polar surface area (TPSA) is 38.1 Å². The first-order valence-corrected chi connectivity index (χ1v) is 8.08. The third-order valence-corrected chi connectivity index (χ3v) is 4.41. The van der Waals surface area contributed by atoms with E-state index in [2.05, 4.69) is 5.10 Å². The van der Waals surface area contributed by atoms with Crippen LogP contribution in [0.2, 0.25) is 0 Å². The average molecular weight is 297 g/mol. The molecule has 116 valence electrons. The molecule has 0 atom stereocenters. The van der Waals surface area contributed by atoms with E-state index in [4.69, 9.17) is 0 Å². The number of aromatic nitrogens is 2. The van der Waals surface area contributed by atoms with Crippen LogP contribution in [0.15, 0.2) is 42.7 Å². The van der Waals surface area contributed by atoms with Crippen LogP contribution in [0, 0.1) is 5.92 Å². The Bertz CT molecular complexity index is 614. The van der Waals surface area contributed by atoms with Crippen LogP contribution in [0.5, 0.6) is 0 Å². The summed E-state index contributed by atoms with van der Waals surface area (Å²) in [6, 6.07) is 10.0. The summed E-state index contributed by atoms with van der Waals surface area (Å²) in [6.45, 7) is 0.627. The number of carbonyl (C=O) groups is 1. The van der Waals surface area contributed by atoms with Crippen molar-refractivity contribution in [3.05, 3.63) is 48.3 Å². The van der Waals surface area contributed by atoms with E-state index in [1.54, 1.807) is 0 Å². The van der Waals surface area contributed by atoms with Crippen molar-refractivity contribution in [2.75, 3.05) is 7.05 Å². The Kier molecular flexibility index (Phi) is 4.56. The molecular weight excluding hydrogens is 274 g/mol. The van der Waals surface area contributed by atoms with Gasteiger partial charge in [0.1, 0.15) is 0 Å². The fourth-order valence-electron chi connectivity index (χ4n) is 3.18. The van der Waals surface area contributed by atoms with E-state index in [-0.39, 0.29) is 11.8 Å². The Morgan fingerprint density at radius 3 is 2.68 bits per heavy atom. The van der Waals surface area contributed by atoms with Crippen LogP contribution in [0.4, 0.5) is 0 Å². The maximum absolute atomic E-state index is 12.5. The summed E-state index contributed by atoms with van der Waals surface area (Å²) < 4.78 is 1.86. The lowest BCUT2D eigenvalue weighted by molar-refractivity contribution is -0.135. The first kappa shape index (κ1) is 14.8. The molecule has 1 aliphatic rings. The van der Waals surface area contributed by atoms with E-state index in [9.17, 15) is 4.79 Å². The molecule has 0 N–H and O–H groups in total. The van der Waals surface area contributed by atoms with Crippen LogP contribution < -0.4 is 0 Å². The highest BCUT2D eigenvalue weighted by Gasteiger charge is 2.24. The van der Waals surface area contributed by atoms with Crippen LogP contribution >= 0.6 is 0 Å². The number of amides is 1. The van der Waals surface area contributed by atoms with Crippen molar-refractivity contribution in [3.8, 4) is 5.69 Å². The summed E-state index contributed by atoms with van der Waals surface area (Å²) in [5, 5.41) is 4.39. The fraction of sp³-hybridized carbons (Fsp3) is 0.444. The van der Waals surface area contributed by atoms with Gasteiger partial charge in [0, 0.05) is 31.3 Å². The van der Waals surface area contributed by atoms with Gasteiger partial charge < -0.3 is 4.90 Å². The standard InChI is InChI=1S/C18H23N3O/c1-20(18(22)16-8-4-2-5-9-16)13-15-12-19-21(14-15)17-10-6-3-7-11-17/h3,6-7,10-12,14,16H,2,4-5,8-9,13H2,1H3. The molecule has 0 unspecified atom stereocenters. The van der Waals surface area contributed by atoms with Crippen LogP contribution in [-0.2, 0) is 11.3 Å². The molecule has 0 radical (unpaired) electrons. The first-order valence-electron chi connectivity index (χ1n) is 8.08. The molecule has 4 heteroatoms. The molecule has 0 bridgehead atoms. The van der Waals surface area contributed by atoms with Gasteiger partial charge in [-0.2, -0.15) is 5.10 Å². The minimum atomic E-state index is 0.225. The van der Waals surface area contributed by atoms with Gasteiger partial charge in [-0.15, -0.1) is 0 Å². The molecule has 2 aromatic rings. The highest BCUT2D eigenvalue weighted by Crippen LogP contribution is 2.25. The van der Waals surface area contributed by atoms with Crippen molar-refractivity contribution in [1.29, 1.82) is 0 Å². The second kappa shape index (κ2) is 6.77. The van der Waals surface area contributed by atoms with E-state index in [1.807, 2.05) is 59.4 Å². The fourth-order valence-corrected chi connectivity index (χ4v) is 3.18. The number of hydrogen-bond acceptors (Lipinski definition) is 2.